The van der Waals surface area contributed by atoms with Crippen molar-refractivity contribution in [1.29, 1.82) is 0 Å². The van der Waals surface area contributed by atoms with Crippen LogP contribution in [0.3, 0.4) is 0 Å². The van der Waals surface area contributed by atoms with Gasteiger partial charge in [-0.25, -0.2) is 0 Å². The van der Waals surface area contributed by atoms with E-state index in [1.54, 1.807) is 0 Å². The third kappa shape index (κ3) is 14.3. The number of nitrogens with zero attached hydrogens (tertiary/aromatic N) is 1. The number of hydrogen-bond acceptors (Lipinski definition) is 2. The molecule has 122 valence electrons. The van der Waals surface area contributed by atoms with E-state index in [0.29, 0.717) is 0 Å². The predicted octanol–water partition coefficient (Wildman–Crippen LogP) is 4.55. The van der Waals surface area contributed by atoms with E-state index in [4.69, 9.17) is 0 Å². The summed E-state index contributed by atoms with van der Waals surface area (Å²) in [6, 6.07) is 0. The summed E-state index contributed by atoms with van der Waals surface area (Å²) in [6.07, 6.45) is 8.01. The lowest BCUT2D eigenvalue weighted by Crippen LogP contribution is -2.29. The SMILES string of the molecule is CCCNCCCCCN(CCC(C)C)CCC(C)C. The maximum absolute atomic E-state index is 3.49. The van der Waals surface area contributed by atoms with E-state index in [2.05, 4.69) is 44.8 Å². The van der Waals surface area contributed by atoms with Crippen LogP contribution in [-0.2, 0) is 0 Å². The molecule has 0 saturated heterocycles. The van der Waals surface area contributed by atoms with Crippen LogP contribution >= 0.6 is 0 Å². The van der Waals surface area contributed by atoms with Gasteiger partial charge >= 0.3 is 0 Å². The van der Waals surface area contributed by atoms with Gasteiger partial charge in [-0.2, -0.15) is 0 Å². The Bertz CT molecular complexity index is 178. The first-order valence-corrected chi connectivity index (χ1v) is 8.99. The molecular formula is C18H40N2. The minimum atomic E-state index is 0.829. The lowest BCUT2D eigenvalue weighted by molar-refractivity contribution is 0.238. The van der Waals surface area contributed by atoms with Gasteiger partial charge in [-0.1, -0.05) is 41.0 Å². The van der Waals surface area contributed by atoms with Gasteiger partial charge in [0.15, 0.2) is 0 Å². The predicted molar refractivity (Wildman–Crippen MR) is 92.4 cm³/mol. The minimum absolute atomic E-state index is 0.829. The standard InChI is InChI=1S/C18H40N2/c1-6-12-19-13-8-7-9-14-20(15-10-17(2)3)16-11-18(4)5/h17-19H,6-16H2,1-5H3. The summed E-state index contributed by atoms with van der Waals surface area (Å²) in [5, 5.41) is 3.49. The monoisotopic (exact) mass is 284 g/mol. The van der Waals surface area contributed by atoms with Crippen LogP contribution in [0.1, 0.15) is 73.1 Å². The smallest absolute Gasteiger partial charge is 0.00163 e. The first kappa shape index (κ1) is 19.9. The van der Waals surface area contributed by atoms with Crippen molar-refractivity contribution in [2.75, 3.05) is 32.7 Å². The van der Waals surface area contributed by atoms with E-state index >= 15 is 0 Å². The summed E-state index contributed by atoms with van der Waals surface area (Å²) in [6.45, 7) is 17.8. The summed E-state index contributed by atoms with van der Waals surface area (Å²) in [4.78, 5) is 2.69. The van der Waals surface area contributed by atoms with Crippen molar-refractivity contribution in [2.24, 2.45) is 11.8 Å². The van der Waals surface area contributed by atoms with Crippen LogP contribution < -0.4 is 5.32 Å². The Morgan fingerprint density at radius 1 is 0.750 bits per heavy atom. The first-order chi connectivity index (χ1) is 9.56. The topological polar surface area (TPSA) is 15.3 Å². The maximum atomic E-state index is 3.49. The highest BCUT2D eigenvalue weighted by Gasteiger charge is 2.07. The molecule has 0 amide bonds. The van der Waals surface area contributed by atoms with Crippen LogP contribution in [0.5, 0.6) is 0 Å². The molecule has 0 spiro atoms. The molecule has 1 N–H and O–H groups in total. The zero-order valence-corrected chi connectivity index (χ0v) is 14.9. The van der Waals surface area contributed by atoms with E-state index in [0.717, 1.165) is 11.8 Å². The van der Waals surface area contributed by atoms with Crippen molar-refractivity contribution in [2.45, 2.75) is 73.1 Å². The number of hydrogen-bond donors (Lipinski definition) is 1. The van der Waals surface area contributed by atoms with Gasteiger partial charge in [-0.05, 0) is 76.7 Å². The van der Waals surface area contributed by atoms with E-state index in [-0.39, 0.29) is 0 Å². The molecule has 0 aliphatic rings. The molecule has 0 rings (SSSR count). The van der Waals surface area contributed by atoms with Crippen LogP contribution in [0, 0.1) is 11.8 Å². The highest BCUT2D eigenvalue weighted by Crippen LogP contribution is 2.08. The normalized spacial score (nSPS) is 12.0. The van der Waals surface area contributed by atoms with Crippen LogP contribution in [0.2, 0.25) is 0 Å². The fourth-order valence-electron chi connectivity index (χ4n) is 2.28. The third-order valence-corrected chi connectivity index (χ3v) is 3.80. The van der Waals surface area contributed by atoms with E-state index in [1.165, 1.54) is 71.2 Å². The van der Waals surface area contributed by atoms with Gasteiger partial charge in [0.25, 0.3) is 0 Å². The lowest BCUT2D eigenvalue weighted by atomic mass is 10.1. The van der Waals surface area contributed by atoms with Crippen molar-refractivity contribution in [3.8, 4) is 0 Å². The second-order valence-electron chi connectivity index (χ2n) is 7.02. The molecule has 20 heavy (non-hydrogen) atoms. The second kappa shape index (κ2) is 13.9. The van der Waals surface area contributed by atoms with Crippen molar-refractivity contribution < 1.29 is 0 Å². The molecule has 0 radical (unpaired) electrons. The highest BCUT2D eigenvalue weighted by molar-refractivity contribution is 4.62. The van der Waals surface area contributed by atoms with Gasteiger partial charge in [-0.15, -0.1) is 0 Å². The Labute approximate surface area is 128 Å². The van der Waals surface area contributed by atoms with Gasteiger partial charge in [0.1, 0.15) is 0 Å². The van der Waals surface area contributed by atoms with Crippen molar-refractivity contribution in [1.82, 2.24) is 10.2 Å². The molecule has 2 nitrogen and oxygen atoms in total. The summed E-state index contributed by atoms with van der Waals surface area (Å²) < 4.78 is 0. The molecule has 0 aromatic carbocycles. The zero-order chi connectivity index (χ0) is 15.2. The Morgan fingerprint density at radius 2 is 1.35 bits per heavy atom. The molecule has 0 aromatic heterocycles. The maximum Gasteiger partial charge on any atom is -0.00163 e. The van der Waals surface area contributed by atoms with Gasteiger partial charge in [-0.3, -0.25) is 0 Å². The summed E-state index contributed by atoms with van der Waals surface area (Å²) in [5.41, 5.74) is 0. The number of rotatable bonds is 14. The third-order valence-electron chi connectivity index (χ3n) is 3.80. The average Bonchev–Trinajstić information content (AvgIpc) is 2.39. The highest BCUT2D eigenvalue weighted by atomic mass is 15.1. The van der Waals surface area contributed by atoms with E-state index < -0.39 is 0 Å². The number of unbranched alkanes of at least 4 members (excludes halogenated alkanes) is 2. The van der Waals surface area contributed by atoms with E-state index in [9.17, 15) is 0 Å². The molecule has 0 unspecified atom stereocenters. The Kier molecular flexibility index (Phi) is 13.8. The van der Waals surface area contributed by atoms with Crippen molar-refractivity contribution >= 4 is 0 Å². The van der Waals surface area contributed by atoms with Crippen LogP contribution in [-0.4, -0.2) is 37.6 Å². The molecule has 0 fully saturated rings. The largest absolute Gasteiger partial charge is 0.317 e. The van der Waals surface area contributed by atoms with E-state index in [1.807, 2.05) is 0 Å². The minimum Gasteiger partial charge on any atom is -0.317 e. The molecule has 2 heteroatoms. The Balaban J connectivity index is 3.67. The fraction of sp³-hybridized carbons (Fsp3) is 1.00. The Morgan fingerprint density at radius 3 is 1.85 bits per heavy atom. The molecule has 0 aliphatic heterocycles. The summed E-state index contributed by atoms with van der Waals surface area (Å²) >= 11 is 0. The molecular weight excluding hydrogens is 244 g/mol. The fourth-order valence-corrected chi connectivity index (χ4v) is 2.28. The van der Waals surface area contributed by atoms with Crippen LogP contribution in [0.25, 0.3) is 0 Å². The zero-order valence-electron chi connectivity index (χ0n) is 14.9. The molecule has 0 aromatic rings. The van der Waals surface area contributed by atoms with Gasteiger partial charge in [0, 0.05) is 0 Å². The quantitative estimate of drug-likeness (QED) is 0.471. The van der Waals surface area contributed by atoms with Crippen molar-refractivity contribution in [3.05, 3.63) is 0 Å². The van der Waals surface area contributed by atoms with Crippen LogP contribution in [0.15, 0.2) is 0 Å². The molecule has 0 heterocycles. The first-order valence-electron chi connectivity index (χ1n) is 8.99. The lowest BCUT2D eigenvalue weighted by Gasteiger charge is -2.24. The Hall–Kier alpha value is -0.0800. The average molecular weight is 285 g/mol. The molecule has 0 atom stereocenters. The van der Waals surface area contributed by atoms with Crippen molar-refractivity contribution in [3.63, 3.8) is 0 Å². The molecule has 0 saturated carbocycles. The second-order valence-corrected chi connectivity index (χ2v) is 7.02. The van der Waals surface area contributed by atoms with Gasteiger partial charge < -0.3 is 10.2 Å². The van der Waals surface area contributed by atoms with Gasteiger partial charge in [0.05, 0.1) is 0 Å². The molecule has 0 aliphatic carbocycles. The summed E-state index contributed by atoms with van der Waals surface area (Å²) in [5.74, 6) is 1.66. The molecule has 0 bridgehead atoms. The van der Waals surface area contributed by atoms with Gasteiger partial charge in [0.2, 0.25) is 0 Å². The summed E-state index contributed by atoms with van der Waals surface area (Å²) in [7, 11) is 0. The van der Waals surface area contributed by atoms with Crippen LogP contribution in [0.4, 0.5) is 0 Å². The number of nitrogens with one attached hydrogen (secondary N) is 1.